The van der Waals surface area contributed by atoms with Crippen molar-refractivity contribution in [2.24, 2.45) is 0 Å². The average molecular weight is 255 g/mol. The summed E-state index contributed by atoms with van der Waals surface area (Å²) in [6.07, 6.45) is -5.57. The third-order valence-electron chi connectivity index (χ3n) is 2.39. The molecule has 1 fully saturated rings. The van der Waals surface area contributed by atoms with E-state index in [4.69, 9.17) is 9.84 Å². The van der Waals surface area contributed by atoms with Crippen LogP contribution in [0, 0.1) is 0 Å². The van der Waals surface area contributed by atoms with Gasteiger partial charge in [-0.15, -0.1) is 0 Å². The molecule has 2 unspecified atom stereocenters. The Morgan fingerprint density at radius 3 is 2.41 bits per heavy atom. The summed E-state index contributed by atoms with van der Waals surface area (Å²) in [7, 11) is 0. The molecule has 0 spiro atoms. The van der Waals surface area contributed by atoms with Crippen molar-refractivity contribution in [3.05, 3.63) is 12.2 Å². The number of carbonyl (C=O) groups excluding carboxylic acids is 1. The number of alkyl halides is 3. The number of rotatable bonds is 2. The predicted molar refractivity (Wildman–Crippen MR) is 52.3 cm³/mol. The smallest absolute Gasteiger partial charge is 0.453 e. The van der Waals surface area contributed by atoms with Crippen LogP contribution in [0.4, 0.5) is 13.2 Å². The minimum absolute atomic E-state index is 0.0840. The van der Waals surface area contributed by atoms with E-state index in [1.807, 2.05) is 0 Å². The number of halogens is 3. The molecule has 0 aromatic heterocycles. The Kier molecular flexibility index (Phi) is 3.28. The van der Waals surface area contributed by atoms with Gasteiger partial charge < -0.3 is 9.84 Å². The Bertz CT molecular complexity index is 352. The van der Waals surface area contributed by atoms with Crippen LogP contribution in [0.25, 0.3) is 0 Å². The first-order chi connectivity index (χ1) is 7.49. The summed E-state index contributed by atoms with van der Waals surface area (Å²) < 4.78 is 46.8. The standard InChI is InChI=1S/C10H13F3O4/c1-6(2)7(14)17-8(3)4-9(15,16-5-8)10(11,12)13/h15H,1,4-5H2,2-3H3/p+1. The molecule has 7 heteroatoms. The summed E-state index contributed by atoms with van der Waals surface area (Å²) in [6.45, 7) is 5.56. The fourth-order valence-electron chi connectivity index (χ4n) is 1.46. The van der Waals surface area contributed by atoms with E-state index in [-0.39, 0.29) is 5.57 Å². The summed E-state index contributed by atoms with van der Waals surface area (Å²) in [5.74, 6) is -3.81. The van der Waals surface area contributed by atoms with E-state index >= 15 is 0 Å². The number of ether oxygens (including phenoxy) is 2. The average Bonchev–Trinajstić information content (AvgIpc) is 2.42. The van der Waals surface area contributed by atoms with Gasteiger partial charge in [-0.3, -0.25) is 4.74 Å². The number of hydrogen-bond donors (Lipinski definition) is 0. The number of carbonyl (C=O) groups is 1. The van der Waals surface area contributed by atoms with Gasteiger partial charge >= 0.3 is 17.9 Å². The van der Waals surface area contributed by atoms with Gasteiger partial charge in [0.1, 0.15) is 12.0 Å². The minimum atomic E-state index is -4.82. The lowest BCUT2D eigenvalue weighted by Gasteiger charge is -2.23. The van der Waals surface area contributed by atoms with Crippen LogP contribution in [0.2, 0.25) is 0 Å². The van der Waals surface area contributed by atoms with E-state index < -0.39 is 36.6 Å². The molecule has 1 aliphatic rings. The molecule has 0 aromatic rings. The van der Waals surface area contributed by atoms with Crippen LogP contribution < -0.4 is 0 Å². The second-order valence-corrected chi connectivity index (χ2v) is 4.41. The molecule has 0 aromatic carbocycles. The Balaban J connectivity index is 2.78. The van der Waals surface area contributed by atoms with Crippen molar-refractivity contribution in [2.75, 3.05) is 6.61 Å². The van der Waals surface area contributed by atoms with Crippen LogP contribution in [-0.4, -0.2) is 35.2 Å². The van der Waals surface area contributed by atoms with E-state index in [1.54, 1.807) is 0 Å². The highest BCUT2D eigenvalue weighted by Gasteiger charge is 2.68. The second kappa shape index (κ2) is 3.99. The van der Waals surface area contributed by atoms with E-state index in [9.17, 15) is 18.0 Å². The monoisotopic (exact) mass is 255 g/mol. The SMILES string of the molecule is C=C(C)C(=O)OC1(C)COC([OH2+])(C(F)(F)F)C1. The molecule has 0 saturated carbocycles. The zero-order chi connectivity index (χ0) is 13.5. The van der Waals surface area contributed by atoms with Gasteiger partial charge in [0.15, 0.2) is 0 Å². The van der Waals surface area contributed by atoms with Gasteiger partial charge in [-0.05, 0) is 13.8 Å². The molecule has 1 rings (SSSR count). The lowest BCUT2D eigenvalue weighted by Crippen LogP contribution is -2.46. The molecule has 1 aliphatic heterocycles. The number of esters is 1. The first kappa shape index (κ1) is 14.0. The summed E-state index contributed by atoms with van der Waals surface area (Å²) in [6, 6.07) is 0. The van der Waals surface area contributed by atoms with Gasteiger partial charge in [0.25, 0.3) is 0 Å². The zero-order valence-corrected chi connectivity index (χ0v) is 9.48. The van der Waals surface area contributed by atoms with Crippen LogP contribution in [0.5, 0.6) is 0 Å². The highest BCUT2D eigenvalue weighted by molar-refractivity contribution is 5.87. The number of hydrogen-bond acceptors (Lipinski definition) is 3. The predicted octanol–water partition coefficient (Wildman–Crippen LogP) is 1.27. The molecule has 98 valence electrons. The summed E-state index contributed by atoms with van der Waals surface area (Å²) in [4.78, 5) is 11.2. The third-order valence-corrected chi connectivity index (χ3v) is 2.39. The quantitative estimate of drug-likeness (QED) is 0.424. The first-order valence-corrected chi connectivity index (χ1v) is 4.84. The molecule has 1 heterocycles. The van der Waals surface area contributed by atoms with E-state index in [0.29, 0.717) is 0 Å². The first-order valence-electron chi connectivity index (χ1n) is 4.84. The Morgan fingerprint density at radius 2 is 2.06 bits per heavy atom. The van der Waals surface area contributed by atoms with E-state index in [0.717, 1.165) is 0 Å². The molecule has 0 bridgehead atoms. The second-order valence-electron chi connectivity index (χ2n) is 4.41. The molecule has 2 N–H and O–H groups in total. The largest absolute Gasteiger partial charge is 0.495 e. The van der Waals surface area contributed by atoms with Gasteiger partial charge in [0, 0.05) is 5.57 Å². The van der Waals surface area contributed by atoms with Gasteiger partial charge in [0.2, 0.25) is 0 Å². The molecule has 0 aliphatic carbocycles. The molecule has 2 atom stereocenters. The molecular formula is C10H14F3O4+. The fourth-order valence-corrected chi connectivity index (χ4v) is 1.46. The lowest BCUT2D eigenvalue weighted by atomic mass is 10.00. The highest BCUT2D eigenvalue weighted by Crippen LogP contribution is 2.44. The molecular weight excluding hydrogens is 241 g/mol. The van der Waals surface area contributed by atoms with E-state index in [2.05, 4.69) is 11.3 Å². The topological polar surface area (TPSA) is 58.4 Å². The third kappa shape index (κ3) is 2.78. The van der Waals surface area contributed by atoms with Crippen LogP contribution in [0.1, 0.15) is 20.3 Å². The molecule has 0 amide bonds. The van der Waals surface area contributed by atoms with E-state index in [1.165, 1.54) is 13.8 Å². The summed E-state index contributed by atoms with van der Waals surface area (Å²) >= 11 is 0. The van der Waals surface area contributed by atoms with Crippen LogP contribution in [0.15, 0.2) is 12.2 Å². The van der Waals surface area contributed by atoms with Gasteiger partial charge in [-0.1, -0.05) is 6.58 Å². The molecule has 17 heavy (non-hydrogen) atoms. The van der Waals surface area contributed by atoms with Crippen LogP contribution in [0.3, 0.4) is 0 Å². The maximum atomic E-state index is 12.5. The maximum absolute atomic E-state index is 12.5. The highest BCUT2D eigenvalue weighted by atomic mass is 19.4. The van der Waals surface area contributed by atoms with Crippen molar-refractivity contribution >= 4 is 5.97 Å². The maximum Gasteiger partial charge on any atom is 0.495 e. The van der Waals surface area contributed by atoms with Crippen LogP contribution >= 0.6 is 0 Å². The van der Waals surface area contributed by atoms with Gasteiger partial charge in [0.05, 0.1) is 6.61 Å². The Labute approximate surface area is 96.0 Å². The van der Waals surface area contributed by atoms with Crippen molar-refractivity contribution in [1.82, 2.24) is 0 Å². The van der Waals surface area contributed by atoms with Crippen molar-refractivity contribution in [1.29, 1.82) is 0 Å². The molecule has 0 radical (unpaired) electrons. The van der Waals surface area contributed by atoms with Crippen molar-refractivity contribution in [2.45, 2.75) is 37.8 Å². The Hall–Kier alpha value is -1.08. The van der Waals surface area contributed by atoms with Crippen molar-refractivity contribution in [3.8, 4) is 0 Å². The van der Waals surface area contributed by atoms with Crippen LogP contribution in [-0.2, 0) is 14.3 Å². The molecule has 4 nitrogen and oxygen atoms in total. The lowest BCUT2D eigenvalue weighted by molar-refractivity contribution is -0.349. The molecule has 1 saturated heterocycles. The summed E-state index contributed by atoms with van der Waals surface area (Å²) in [5, 5.41) is 7.18. The zero-order valence-electron chi connectivity index (χ0n) is 9.48. The summed E-state index contributed by atoms with van der Waals surface area (Å²) in [5.41, 5.74) is -1.37. The van der Waals surface area contributed by atoms with Crippen molar-refractivity contribution < 1.29 is 32.5 Å². The van der Waals surface area contributed by atoms with Gasteiger partial charge in [-0.2, -0.15) is 13.2 Å². The normalized spacial score (nSPS) is 33.5. The minimum Gasteiger partial charge on any atom is -0.453 e. The van der Waals surface area contributed by atoms with Gasteiger partial charge in [-0.25, -0.2) is 4.79 Å². The van der Waals surface area contributed by atoms with Crippen molar-refractivity contribution in [3.63, 3.8) is 0 Å². The Morgan fingerprint density at radius 1 is 1.53 bits per heavy atom. The fraction of sp³-hybridized carbons (Fsp3) is 0.700.